The van der Waals surface area contributed by atoms with Crippen molar-refractivity contribution in [1.29, 1.82) is 0 Å². The van der Waals surface area contributed by atoms with Gasteiger partial charge in [0.2, 0.25) is 0 Å². The molecule has 3 rings (SSSR count). The average molecular weight is 368 g/mol. The maximum atomic E-state index is 3.82. The van der Waals surface area contributed by atoms with Crippen molar-refractivity contribution >= 4 is 15.3 Å². The molecule has 0 aromatic carbocycles. The Balaban J connectivity index is 1.55. The molecule has 2 unspecified atom stereocenters. The second-order valence-corrected chi connectivity index (χ2v) is 9.06. The monoisotopic (exact) mass is 368 g/mol. The first kappa shape index (κ1) is 16.3. The molecule has 0 saturated carbocycles. The van der Waals surface area contributed by atoms with E-state index in [2.05, 4.69) is 46.9 Å². The Hall–Kier alpha value is -0.522. The molecular formula is C15H29AsN6. The van der Waals surface area contributed by atoms with Gasteiger partial charge in [-0.2, -0.15) is 0 Å². The molecule has 3 aliphatic heterocycles. The molecule has 0 aromatic rings. The molecule has 22 heavy (non-hydrogen) atoms. The van der Waals surface area contributed by atoms with Crippen LogP contribution in [0, 0.1) is 0 Å². The molecule has 6 nitrogen and oxygen atoms in total. The van der Waals surface area contributed by atoms with Gasteiger partial charge in [-0.3, -0.25) is 0 Å². The normalized spacial score (nSPS) is 30.3. The minimum absolute atomic E-state index is 0.442. The molecule has 6 N–H and O–H groups in total. The zero-order chi connectivity index (χ0) is 15.0. The molecule has 2 saturated heterocycles. The Morgan fingerprint density at radius 1 is 0.955 bits per heavy atom. The van der Waals surface area contributed by atoms with E-state index >= 15 is 0 Å². The zero-order valence-electron chi connectivity index (χ0n) is 13.2. The molecule has 0 bridgehead atoms. The molecular weight excluding hydrogens is 339 g/mol. The van der Waals surface area contributed by atoms with Crippen molar-refractivity contribution in [1.82, 2.24) is 28.7 Å². The quantitative estimate of drug-likeness (QED) is 0.369. The number of dihydropyridines is 1. The van der Waals surface area contributed by atoms with Crippen LogP contribution in [-0.2, 0) is 0 Å². The molecule has 2 fully saturated rings. The van der Waals surface area contributed by atoms with Gasteiger partial charge >= 0.3 is 139 Å². The summed E-state index contributed by atoms with van der Waals surface area (Å²) in [6, 6.07) is 0. The average Bonchev–Trinajstić information content (AvgIpc) is 2.57. The van der Waals surface area contributed by atoms with Crippen LogP contribution in [-0.4, -0.2) is 47.3 Å². The summed E-state index contributed by atoms with van der Waals surface area (Å²) in [5.41, 5.74) is 0. The van der Waals surface area contributed by atoms with Crippen LogP contribution in [0.2, 0.25) is 0 Å². The second-order valence-electron chi connectivity index (χ2n) is 6.10. The third-order valence-electron chi connectivity index (χ3n) is 4.23. The fourth-order valence-electron chi connectivity index (χ4n) is 2.99. The first-order valence-corrected chi connectivity index (χ1v) is 11.4. The summed E-state index contributed by atoms with van der Waals surface area (Å²) in [7, 11) is 0. The zero-order valence-corrected chi connectivity index (χ0v) is 15.1. The molecule has 0 amide bonds. The number of hydrogen-bond acceptors (Lipinski definition) is 6. The van der Waals surface area contributed by atoms with E-state index in [1.165, 1.54) is 38.5 Å². The maximum absolute atomic E-state index is 3.82. The minimum atomic E-state index is -1.57. The van der Waals surface area contributed by atoms with Crippen molar-refractivity contribution in [3.8, 4) is 0 Å². The van der Waals surface area contributed by atoms with E-state index in [1.807, 2.05) is 0 Å². The van der Waals surface area contributed by atoms with Crippen LogP contribution >= 0.6 is 0 Å². The van der Waals surface area contributed by atoms with Gasteiger partial charge in [0, 0.05) is 0 Å². The number of rotatable bonds is 6. The number of nitrogens with one attached hydrogen (secondary N) is 6. The van der Waals surface area contributed by atoms with Gasteiger partial charge in [0.15, 0.2) is 0 Å². The van der Waals surface area contributed by atoms with Gasteiger partial charge < -0.3 is 0 Å². The second kappa shape index (κ2) is 8.94. The molecule has 0 aliphatic carbocycles. The summed E-state index contributed by atoms with van der Waals surface area (Å²) in [5, 5.41) is 10.6. The van der Waals surface area contributed by atoms with Gasteiger partial charge in [0.1, 0.15) is 0 Å². The number of piperidine rings is 2. The van der Waals surface area contributed by atoms with Crippen LogP contribution in [0.5, 0.6) is 0 Å². The first-order valence-electron chi connectivity index (χ1n) is 8.57. The van der Waals surface area contributed by atoms with Gasteiger partial charge in [-0.1, -0.05) is 0 Å². The van der Waals surface area contributed by atoms with Crippen molar-refractivity contribution < 1.29 is 0 Å². The van der Waals surface area contributed by atoms with Crippen LogP contribution in [0.15, 0.2) is 24.0 Å². The molecule has 3 heterocycles. The number of hydrogen-bond donors (Lipinski definition) is 6. The van der Waals surface area contributed by atoms with E-state index in [4.69, 9.17) is 0 Å². The summed E-state index contributed by atoms with van der Waals surface area (Å²) in [6.07, 6.45) is 14.9. The predicted molar refractivity (Wildman–Crippen MR) is 91.7 cm³/mol. The Kier molecular flexibility index (Phi) is 6.64. The molecule has 0 radical (unpaired) electrons. The van der Waals surface area contributed by atoms with Crippen molar-refractivity contribution in [2.45, 2.75) is 50.9 Å². The SMILES string of the molecule is C1=CCNC(N[As](NC2CCCCN2)NC2CCCCN2)=C1. The van der Waals surface area contributed by atoms with Crippen LogP contribution in [0.25, 0.3) is 0 Å². The Morgan fingerprint density at radius 2 is 1.64 bits per heavy atom. The van der Waals surface area contributed by atoms with E-state index in [0.29, 0.717) is 12.3 Å². The van der Waals surface area contributed by atoms with Gasteiger partial charge in [-0.05, 0) is 0 Å². The topological polar surface area (TPSA) is 72.2 Å². The van der Waals surface area contributed by atoms with Gasteiger partial charge in [0.25, 0.3) is 0 Å². The van der Waals surface area contributed by atoms with E-state index in [9.17, 15) is 0 Å². The molecule has 3 aliphatic rings. The molecule has 2 atom stereocenters. The summed E-state index contributed by atoms with van der Waals surface area (Å²) >= 11 is -1.57. The standard InChI is InChI=1S/C15H29AsN6/c1-4-10-17-13(7-1)20-16(21-14-8-2-5-11-18-14)22-15-9-3-6-12-19-15/h1,4,7,14-15,17-22H,2-3,5-6,8-12H2. The van der Waals surface area contributed by atoms with E-state index < -0.39 is 15.3 Å². The first-order chi connectivity index (χ1) is 10.9. The van der Waals surface area contributed by atoms with E-state index in [-0.39, 0.29) is 0 Å². The molecule has 124 valence electrons. The van der Waals surface area contributed by atoms with Crippen LogP contribution in [0.4, 0.5) is 0 Å². The van der Waals surface area contributed by atoms with Crippen molar-refractivity contribution in [3.05, 3.63) is 24.0 Å². The molecule has 7 heteroatoms. The van der Waals surface area contributed by atoms with Gasteiger partial charge in [-0.25, -0.2) is 0 Å². The summed E-state index contributed by atoms with van der Waals surface area (Å²) in [6.45, 7) is 3.17. The van der Waals surface area contributed by atoms with Crippen molar-refractivity contribution in [2.75, 3.05) is 19.6 Å². The summed E-state index contributed by atoms with van der Waals surface area (Å²) < 4.78 is 11.3. The summed E-state index contributed by atoms with van der Waals surface area (Å²) in [4.78, 5) is 0. The Morgan fingerprint density at radius 3 is 2.14 bits per heavy atom. The third-order valence-corrected chi connectivity index (χ3v) is 7.60. The van der Waals surface area contributed by atoms with E-state index in [1.54, 1.807) is 0 Å². The van der Waals surface area contributed by atoms with Gasteiger partial charge in [-0.15, -0.1) is 0 Å². The third kappa shape index (κ3) is 5.28. The van der Waals surface area contributed by atoms with Gasteiger partial charge in [0.05, 0.1) is 0 Å². The number of allylic oxidation sites excluding steroid dienone is 2. The fourth-order valence-corrected chi connectivity index (χ4v) is 6.48. The van der Waals surface area contributed by atoms with Crippen LogP contribution in [0.3, 0.4) is 0 Å². The van der Waals surface area contributed by atoms with Crippen LogP contribution in [0.1, 0.15) is 38.5 Å². The predicted octanol–water partition coefficient (Wildman–Crippen LogP) is -0.0599. The van der Waals surface area contributed by atoms with E-state index in [0.717, 1.165) is 25.5 Å². The fraction of sp³-hybridized carbons (Fsp3) is 0.733. The summed E-state index contributed by atoms with van der Waals surface area (Å²) in [5.74, 6) is 1.13. The molecule has 0 aromatic heterocycles. The Labute approximate surface area is 138 Å². The van der Waals surface area contributed by atoms with Crippen molar-refractivity contribution in [2.24, 2.45) is 0 Å². The van der Waals surface area contributed by atoms with Crippen molar-refractivity contribution in [3.63, 3.8) is 0 Å². The van der Waals surface area contributed by atoms with Crippen LogP contribution < -0.4 is 28.7 Å². The molecule has 0 spiro atoms. The Bertz CT molecular complexity index is 367.